The third kappa shape index (κ3) is 2.99. The molecule has 7 nitrogen and oxygen atoms in total. The van der Waals surface area contributed by atoms with Crippen LogP contribution in [0.3, 0.4) is 0 Å². The summed E-state index contributed by atoms with van der Waals surface area (Å²) in [5.74, 6) is -0.134. The minimum Gasteiger partial charge on any atom is -0.345 e. The van der Waals surface area contributed by atoms with Gasteiger partial charge in [0.25, 0.3) is 10.0 Å². The average molecular weight is 354 g/mol. The van der Waals surface area contributed by atoms with Crippen molar-refractivity contribution >= 4 is 27.3 Å². The Hall–Kier alpha value is -3.13. The number of sulfonamides is 1. The van der Waals surface area contributed by atoms with Crippen molar-refractivity contribution in [1.29, 1.82) is 0 Å². The highest BCUT2D eigenvalue weighted by Crippen LogP contribution is 2.27. The van der Waals surface area contributed by atoms with E-state index in [1.54, 1.807) is 36.8 Å². The third-order valence-electron chi connectivity index (χ3n) is 3.94. The van der Waals surface area contributed by atoms with Gasteiger partial charge in [0.2, 0.25) is 5.91 Å². The first-order chi connectivity index (χ1) is 12.0. The van der Waals surface area contributed by atoms with Crippen molar-refractivity contribution in [2.75, 3.05) is 10.0 Å². The lowest BCUT2D eigenvalue weighted by molar-refractivity contribution is -0.115. The predicted molar refractivity (Wildman–Crippen MR) is 93.6 cm³/mol. The molecule has 0 bridgehead atoms. The number of benzene rings is 2. The van der Waals surface area contributed by atoms with Crippen LogP contribution in [0.5, 0.6) is 0 Å². The van der Waals surface area contributed by atoms with Gasteiger partial charge in [-0.1, -0.05) is 12.1 Å². The number of nitrogens with zero attached hydrogens (tertiary/aromatic N) is 1. The van der Waals surface area contributed by atoms with E-state index in [9.17, 15) is 13.2 Å². The van der Waals surface area contributed by atoms with Crippen LogP contribution in [0, 0.1) is 0 Å². The van der Waals surface area contributed by atoms with Crippen LogP contribution < -0.4 is 10.0 Å². The summed E-state index contributed by atoms with van der Waals surface area (Å²) in [5, 5.41) is 2.69. The second kappa shape index (κ2) is 5.75. The number of hydrogen-bond acceptors (Lipinski definition) is 4. The zero-order valence-electron chi connectivity index (χ0n) is 13.0. The van der Waals surface area contributed by atoms with Gasteiger partial charge in [-0.05, 0) is 35.9 Å². The van der Waals surface area contributed by atoms with E-state index in [-0.39, 0.29) is 17.2 Å². The summed E-state index contributed by atoms with van der Waals surface area (Å²) in [5.41, 5.74) is 3.40. The first kappa shape index (κ1) is 15.4. The maximum Gasteiger partial charge on any atom is 0.261 e. The van der Waals surface area contributed by atoms with Gasteiger partial charge in [-0.2, -0.15) is 0 Å². The fourth-order valence-electron chi connectivity index (χ4n) is 2.75. The highest BCUT2D eigenvalue weighted by Gasteiger charge is 2.22. The Morgan fingerprint density at radius 1 is 1.12 bits per heavy atom. The molecule has 1 aliphatic heterocycles. The van der Waals surface area contributed by atoms with Gasteiger partial charge in [-0.25, -0.2) is 13.4 Å². The zero-order valence-corrected chi connectivity index (χ0v) is 13.8. The fourth-order valence-corrected chi connectivity index (χ4v) is 3.85. The molecule has 0 radical (unpaired) electrons. The highest BCUT2D eigenvalue weighted by atomic mass is 32.2. The van der Waals surface area contributed by atoms with E-state index < -0.39 is 10.0 Å². The van der Waals surface area contributed by atoms with Crippen LogP contribution in [-0.2, 0) is 21.2 Å². The molecule has 8 heteroatoms. The molecular weight excluding hydrogens is 340 g/mol. The molecule has 2 heterocycles. The number of nitrogens with one attached hydrogen (secondary N) is 3. The lowest BCUT2D eigenvalue weighted by Crippen LogP contribution is -2.13. The molecule has 126 valence electrons. The largest absolute Gasteiger partial charge is 0.345 e. The Labute approximate surface area is 144 Å². The van der Waals surface area contributed by atoms with Crippen LogP contribution in [0.25, 0.3) is 11.3 Å². The molecule has 0 aliphatic carbocycles. The second-order valence-electron chi connectivity index (χ2n) is 5.70. The fraction of sp³-hybridized carbons (Fsp3) is 0.0588. The monoisotopic (exact) mass is 354 g/mol. The summed E-state index contributed by atoms with van der Waals surface area (Å²) >= 11 is 0. The molecule has 1 amide bonds. The summed E-state index contributed by atoms with van der Waals surface area (Å²) < 4.78 is 27.9. The number of carbonyl (C=O) groups excluding carboxylic acids is 1. The average Bonchev–Trinajstić information content (AvgIpc) is 3.22. The minimum atomic E-state index is -3.75. The molecule has 0 atom stereocenters. The van der Waals surface area contributed by atoms with Gasteiger partial charge in [0.15, 0.2) is 0 Å². The summed E-state index contributed by atoms with van der Waals surface area (Å²) in [6, 6.07) is 11.6. The van der Waals surface area contributed by atoms with E-state index in [0.29, 0.717) is 16.9 Å². The Bertz CT molecular complexity index is 1060. The maximum absolute atomic E-state index is 12.6. The Kier molecular flexibility index (Phi) is 3.54. The van der Waals surface area contributed by atoms with Gasteiger partial charge < -0.3 is 10.3 Å². The maximum atomic E-state index is 12.6. The zero-order chi connectivity index (χ0) is 17.4. The van der Waals surface area contributed by atoms with Crippen molar-refractivity contribution in [3.63, 3.8) is 0 Å². The molecule has 0 fully saturated rings. The molecule has 1 aliphatic rings. The first-order valence-electron chi connectivity index (χ1n) is 7.56. The summed E-state index contributed by atoms with van der Waals surface area (Å²) in [6.45, 7) is 0. The van der Waals surface area contributed by atoms with Gasteiger partial charge in [0, 0.05) is 16.9 Å². The highest BCUT2D eigenvalue weighted by molar-refractivity contribution is 7.92. The number of amides is 1. The topological polar surface area (TPSA) is 104 Å². The molecular formula is C17H14N4O3S. The number of carbonyl (C=O) groups is 1. The molecule has 3 N–H and O–H groups in total. The van der Waals surface area contributed by atoms with Crippen molar-refractivity contribution in [1.82, 2.24) is 9.97 Å². The Morgan fingerprint density at radius 2 is 2.00 bits per heavy atom. The van der Waals surface area contributed by atoms with E-state index >= 15 is 0 Å². The predicted octanol–water partition coefficient (Wildman–Crippen LogP) is 2.37. The first-order valence-corrected chi connectivity index (χ1v) is 9.04. The molecule has 0 unspecified atom stereocenters. The number of H-pyrrole nitrogens is 1. The van der Waals surface area contributed by atoms with Crippen molar-refractivity contribution in [3.05, 3.63) is 60.6 Å². The van der Waals surface area contributed by atoms with E-state index in [4.69, 9.17) is 0 Å². The summed E-state index contributed by atoms with van der Waals surface area (Å²) in [6.07, 6.45) is 3.41. The number of anilines is 2. The van der Waals surface area contributed by atoms with Crippen molar-refractivity contribution in [3.8, 4) is 11.3 Å². The molecule has 2 aromatic carbocycles. The number of fused-ring (bicyclic) bond motifs is 1. The smallest absolute Gasteiger partial charge is 0.261 e. The van der Waals surface area contributed by atoms with E-state index in [1.807, 2.05) is 6.07 Å². The third-order valence-corrected chi connectivity index (χ3v) is 5.32. The number of aromatic nitrogens is 2. The Morgan fingerprint density at radius 3 is 2.80 bits per heavy atom. The second-order valence-corrected chi connectivity index (χ2v) is 7.38. The van der Waals surface area contributed by atoms with E-state index in [1.165, 1.54) is 12.1 Å². The van der Waals surface area contributed by atoms with Gasteiger partial charge in [0.05, 0.1) is 29.5 Å². The van der Waals surface area contributed by atoms with Crippen molar-refractivity contribution in [2.45, 2.75) is 11.3 Å². The van der Waals surface area contributed by atoms with Gasteiger partial charge in [0.1, 0.15) is 0 Å². The van der Waals surface area contributed by atoms with Crippen LogP contribution >= 0.6 is 0 Å². The Balaban J connectivity index is 1.63. The van der Waals surface area contributed by atoms with Crippen molar-refractivity contribution in [2.24, 2.45) is 0 Å². The molecule has 0 saturated heterocycles. The molecule has 1 aromatic heterocycles. The lowest BCUT2D eigenvalue weighted by atomic mass is 10.1. The minimum absolute atomic E-state index is 0.120. The van der Waals surface area contributed by atoms with Crippen molar-refractivity contribution < 1.29 is 13.2 Å². The lowest BCUT2D eigenvalue weighted by Gasteiger charge is -2.10. The summed E-state index contributed by atoms with van der Waals surface area (Å²) in [4.78, 5) is 18.5. The number of imidazole rings is 1. The van der Waals surface area contributed by atoms with Gasteiger partial charge in [-0.15, -0.1) is 0 Å². The molecule has 4 rings (SSSR count). The normalized spacial score (nSPS) is 13.4. The van der Waals surface area contributed by atoms with Gasteiger partial charge in [-0.3, -0.25) is 9.52 Å². The molecule has 0 saturated carbocycles. The number of aromatic amines is 1. The SMILES string of the molecule is O=C1Cc2cc(S(=O)(=O)Nc3cccc(-c4cnc[nH]4)c3)ccc2N1. The summed E-state index contributed by atoms with van der Waals surface area (Å²) in [7, 11) is -3.75. The van der Waals surface area contributed by atoms with Crippen LogP contribution in [-0.4, -0.2) is 24.3 Å². The van der Waals surface area contributed by atoms with Crippen LogP contribution in [0.15, 0.2) is 59.9 Å². The van der Waals surface area contributed by atoms with E-state index in [2.05, 4.69) is 20.0 Å². The van der Waals surface area contributed by atoms with Gasteiger partial charge >= 0.3 is 0 Å². The van der Waals surface area contributed by atoms with Crippen LogP contribution in [0.4, 0.5) is 11.4 Å². The number of rotatable bonds is 4. The van der Waals surface area contributed by atoms with Crippen LogP contribution in [0.1, 0.15) is 5.56 Å². The molecule has 3 aromatic rings. The molecule has 0 spiro atoms. The van der Waals surface area contributed by atoms with E-state index in [0.717, 1.165) is 11.3 Å². The molecule has 25 heavy (non-hydrogen) atoms. The van der Waals surface area contributed by atoms with Crippen LogP contribution in [0.2, 0.25) is 0 Å². The standard InChI is InChI=1S/C17H14N4O3S/c22-17-8-12-7-14(4-5-15(12)20-17)25(23,24)21-13-3-1-2-11(6-13)16-9-18-10-19-16/h1-7,9-10,21H,8H2,(H,18,19)(H,20,22). The quantitative estimate of drug-likeness (QED) is 0.669. The number of hydrogen-bond donors (Lipinski definition) is 3.